The van der Waals surface area contributed by atoms with E-state index in [1.165, 1.54) is 20.2 Å². The molecule has 0 unspecified atom stereocenters. The molecule has 2 aliphatic rings. The van der Waals surface area contributed by atoms with Crippen molar-refractivity contribution >= 4 is 11.7 Å². The number of nitrogens with zero attached hydrogens (tertiary/aromatic N) is 2. The van der Waals surface area contributed by atoms with Crippen molar-refractivity contribution in [1.82, 2.24) is 9.47 Å². The van der Waals surface area contributed by atoms with Crippen molar-refractivity contribution in [2.45, 2.75) is 39.1 Å². The number of carbonyl (C=O) groups excluding carboxylic acids is 2. The highest BCUT2D eigenvalue weighted by Gasteiger charge is 2.41. The number of aromatic nitrogens is 1. The summed E-state index contributed by atoms with van der Waals surface area (Å²) in [7, 11) is 1.33. The average Bonchev–Trinajstić information content (AvgIpc) is 2.47. The average molecular weight is 306 g/mol. The van der Waals surface area contributed by atoms with Crippen LogP contribution in [0.5, 0.6) is 5.75 Å². The van der Waals surface area contributed by atoms with Crippen molar-refractivity contribution < 1.29 is 19.1 Å². The third-order valence-corrected chi connectivity index (χ3v) is 4.24. The molecule has 1 amide bonds. The summed E-state index contributed by atoms with van der Waals surface area (Å²) in [5, 5.41) is 0. The number of rotatable bonds is 2. The van der Waals surface area contributed by atoms with E-state index in [9.17, 15) is 14.4 Å². The van der Waals surface area contributed by atoms with Gasteiger partial charge in [0.15, 0.2) is 23.5 Å². The van der Waals surface area contributed by atoms with E-state index >= 15 is 0 Å². The zero-order valence-electron chi connectivity index (χ0n) is 12.8. The Balaban J connectivity index is 2.21. The predicted octanol–water partition coefficient (Wildman–Crippen LogP) is 0.650. The molecule has 2 atom stereocenters. The highest BCUT2D eigenvalue weighted by atomic mass is 16.5. The number of hydrogen-bond acceptors (Lipinski definition) is 5. The molecule has 0 bridgehead atoms. The van der Waals surface area contributed by atoms with Crippen LogP contribution in [0.4, 0.5) is 0 Å². The maximum atomic E-state index is 12.8. The van der Waals surface area contributed by atoms with E-state index in [0.717, 1.165) is 6.42 Å². The molecule has 7 heteroatoms. The maximum absolute atomic E-state index is 12.8. The van der Waals surface area contributed by atoms with Crippen molar-refractivity contribution in [1.29, 1.82) is 0 Å². The zero-order chi connectivity index (χ0) is 16.0. The lowest BCUT2D eigenvalue weighted by Gasteiger charge is -2.44. The number of fused-ring (bicyclic) bond motifs is 2. The molecule has 1 aromatic rings. The largest absolute Gasteiger partial charge is 0.491 e. The molecular weight excluding hydrogens is 288 g/mol. The Bertz CT molecular complexity index is 709. The van der Waals surface area contributed by atoms with Gasteiger partial charge in [0.25, 0.3) is 5.91 Å². The first-order chi connectivity index (χ1) is 10.5. The number of methoxy groups -OCH3 is 1. The quantitative estimate of drug-likeness (QED) is 0.750. The minimum atomic E-state index is -0.543. The Morgan fingerprint density at radius 3 is 2.77 bits per heavy atom. The van der Waals surface area contributed by atoms with Gasteiger partial charge in [0.05, 0.1) is 25.8 Å². The number of Topliss-reactive ketones (excluding diaryl/α,β-unsaturated/α-hetero) is 1. The van der Waals surface area contributed by atoms with Crippen LogP contribution in [0, 0.1) is 0 Å². The van der Waals surface area contributed by atoms with E-state index in [4.69, 9.17) is 9.47 Å². The summed E-state index contributed by atoms with van der Waals surface area (Å²) in [5.41, 5.74) is -0.338. The van der Waals surface area contributed by atoms with Crippen LogP contribution in [0.2, 0.25) is 0 Å². The van der Waals surface area contributed by atoms with Gasteiger partial charge in [0.1, 0.15) is 0 Å². The standard InChI is InChI=1S/C15H18N2O5/c1-8-4-5-22-11-7-16-6-10(9(2)18)13(19)14(21-3)12(16)15(20)17(8)11/h6,8,11H,4-5,7H2,1-3H3/t8-,11+/m1/s1. The Morgan fingerprint density at radius 2 is 2.14 bits per heavy atom. The van der Waals surface area contributed by atoms with Crippen LogP contribution in [-0.4, -0.2) is 47.1 Å². The van der Waals surface area contributed by atoms with Gasteiger partial charge in [-0.2, -0.15) is 0 Å². The van der Waals surface area contributed by atoms with Crippen molar-refractivity contribution in [3.05, 3.63) is 27.7 Å². The molecule has 1 saturated heterocycles. The Hall–Kier alpha value is -2.15. The second-order valence-corrected chi connectivity index (χ2v) is 5.64. The Labute approximate surface area is 127 Å². The highest BCUT2D eigenvalue weighted by Crippen LogP contribution is 2.29. The van der Waals surface area contributed by atoms with Crippen LogP contribution in [0.25, 0.3) is 0 Å². The van der Waals surface area contributed by atoms with Gasteiger partial charge < -0.3 is 18.9 Å². The number of carbonyl (C=O) groups is 2. The zero-order valence-corrected chi connectivity index (χ0v) is 12.8. The van der Waals surface area contributed by atoms with Crippen molar-refractivity contribution in [2.75, 3.05) is 13.7 Å². The van der Waals surface area contributed by atoms with Gasteiger partial charge >= 0.3 is 0 Å². The molecule has 22 heavy (non-hydrogen) atoms. The number of amides is 1. The molecule has 0 radical (unpaired) electrons. The summed E-state index contributed by atoms with van der Waals surface area (Å²) in [6, 6.07) is 0.0345. The SMILES string of the molecule is COc1c2n(cc(C(C)=O)c1=O)C[C@@H]1OCC[C@@H](C)N1C2=O. The highest BCUT2D eigenvalue weighted by molar-refractivity contribution is 5.99. The molecule has 7 nitrogen and oxygen atoms in total. The molecule has 3 heterocycles. The van der Waals surface area contributed by atoms with E-state index in [1.54, 1.807) is 9.47 Å². The fraction of sp³-hybridized carbons (Fsp3) is 0.533. The van der Waals surface area contributed by atoms with Gasteiger partial charge in [-0.15, -0.1) is 0 Å². The summed E-state index contributed by atoms with van der Waals surface area (Å²) in [6.45, 7) is 4.24. The minimum Gasteiger partial charge on any atom is -0.491 e. The van der Waals surface area contributed by atoms with Crippen LogP contribution < -0.4 is 10.2 Å². The first-order valence-corrected chi connectivity index (χ1v) is 7.22. The molecule has 0 aliphatic carbocycles. The molecule has 3 rings (SSSR count). The summed E-state index contributed by atoms with van der Waals surface area (Å²) in [5.74, 6) is -0.729. The maximum Gasteiger partial charge on any atom is 0.276 e. The van der Waals surface area contributed by atoms with E-state index in [1.807, 2.05) is 6.92 Å². The van der Waals surface area contributed by atoms with E-state index in [-0.39, 0.29) is 41.0 Å². The summed E-state index contributed by atoms with van der Waals surface area (Å²) in [6.07, 6.45) is 1.80. The fourth-order valence-electron chi connectivity index (χ4n) is 3.08. The molecule has 1 fully saturated rings. The fourth-order valence-corrected chi connectivity index (χ4v) is 3.08. The van der Waals surface area contributed by atoms with Crippen molar-refractivity contribution in [3.63, 3.8) is 0 Å². The molecule has 0 saturated carbocycles. The molecule has 0 aromatic carbocycles. The normalized spacial score (nSPS) is 23.8. The summed E-state index contributed by atoms with van der Waals surface area (Å²) < 4.78 is 12.4. The molecule has 0 N–H and O–H groups in total. The second kappa shape index (κ2) is 5.24. The number of ether oxygens (including phenoxy) is 2. The predicted molar refractivity (Wildman–Crippen MR) is 77.2 cm³/mol. The number of hydrogen-bond donors (Lipinski definition) is 0. The summed E-state index contributed by atoms with van der Waals surface area (Å²) in [4.78, 5) is 38.4. The van der Waals surface area contributed by atoms with Gasteiger partial charge in [-0.1, -0.05) is 0 Å². The van der Waals surface area contributed by atoms with Crippen LogP contribution in [-0.2, 0) is 11.3 Å². The van der Waals surface area contributed by atoms with Gasteiger partial charge in [-0.25, -0.2) is 0 Å². The monoisotopic (exact) mass is 306 g/mol. The van der Waals surface area contributed by atoms with Gasteiger partial charge in [-0.3, -0.25) is 14.4 Å². The van der Waals surface area contributed by atoms with E-state index in [0.29, 0.717) is 13.2 Å². The summed E-state index contributed by atoms with van der Waals surface area (Å²) >= 11 is 0. The van der Waals surface area contributed by atoms with E-state index < -0.39 is 5.43 Å². The molecule has 1 aromatic heterocycles. The Morgan fingerprint density at radius 1 is 1.41 bits per heavy atom. The minimum absolute atomic E-state index is 0.0192. The molecule has 0 spiro atoms. The van der Waals surface area contributed by atoms with Crippen molar-refractivity contribution in [2.24, 2.45) is 0 Å². The lowest BCUT2D eigenvalue weighted by atomic mass is 10.1. The number of ketones is 1. The molecular formula is C15H18N2O5. The number of pyridine rings is 1. The van der Waals surface area contributed by atoms with Crippen LogP contribution in [0.15, 0.2) is 11.0 Å². The van der Waals surface area contributed by atoms with Gasteiger partial charge in [0, 0.05) is 12.2 Å². The van der Waals surface area contributed by atoms with Crippen molar-refractivity contribution in [3.8, 4) is 5.75 Å². The first kappa shape index (κ1) is 14.8. The first-order valence-electron chi connectivity index (χ1n) is 7.22. The topological polar surface area (TPSA) is 77.8 Å². The van der Waals surface area contributed by atoms with E-state index in [2.05, 4.69) is 0 Å². The smallest absolute Gasteiger partial charge is 0.276 e. The molecule has 118 valence electrons. The third-order valence-electron chi connectivity index (χ3n) is 4.24. The third kappa shape index (κ3) is 2.04. The Kier molecular flexibility index (Phi) is 3.52. The molecule has 2 aliphatic heterocycles. The van der Waals surface area contributed by atoms with Crippen LogP contribution in [0.1, 0.15) is 41.1 Å². The van der Waals surface area contributed by atoms with Gasteiger partial charge in [0.2, 0.25) is 5.43 Å². The van der Waals surface area contributed by atoms with Crippen LogP contribution in [0.3, 0.4) is 0 Å². The van der Waals surface area contributed by atoms with Crippen LogP contribution >= 0.6 is 0 Å². The van der Waals surface area contributed by atoms with Gasteiger partial charge in [-0.05, 0) is 20.3 Å². The lowest BCUT2D eigenvalue weighted by molar-refractivity contribution is -0.112. The second-order valence-electron chi connectivity index (χ2n) is 5.64. The lowest BCUT2D eigenvalue weighted by Crippen LogP contribution is -2.57.